The fourth-order valence-electron chi connectivity index (χ4n) is 2.37. The number of benzene rings is 2. The van der Waals surface area contributed by atoms with E-state index >= 15 is 0 Å². The highest BCUT2D eigenvalue weighted by Gasteiger charge is 2.13. The molecular weight excluding hydrogens is 350 g/mol. The molecule has 6 heteroatoms. The third-order valence-corrected chi connectivity index (χ3v) is 5.72. The Hall–Kier alpha value is -2.18. The Morgan fingerprint density at radius 3 is 2.48 bits per heavy atom. The van der Waals surface area contributed by atoms with Crippen LogP contribution in [0.15, 0.2) is 65.6 Å². The summed E-state index contributed by atoms with van der Waals surface area (Å²) in [5.74, 6) is 0.884. The highest BCUT2D eigenvalue weighted by Crippen LogP contribution is 2.26. The second kappa shape index (κ2) is 8.78. The molecule has 1 amide bonds. The molecule has 0 aliphatic heterocycles. The smallest absolute Gasteiger partial charge is 0.226 e. The maximum Gasteiger partial charge on any atom is 0.226 e. The van der Waals surface area contributed by atoms with E-state index < -0.39 is 0 Å². The van der Waals surface area contributed by atoms with Crippen LogP contribution < -0.4 is 5.32 Å². The van der Waals surface area contributed by atoms with Crippen LogP contribution in [-0.2, 0) is 10.5 Å². The molecule has 0 fully saturated rings. The van der Waals surface area contributed by atoms with Gasteiger partial charge in [-0.05, 0) is 23.6 Å². The van der Waals surface area contributed by atoms with Gasteiger partial charge in [-0.15, -0.1) is 22.0 Å². The minimum Gasteiger partial charge on any atom is -0.301 e. The molecule has 1 atom stereocenters. The van der Waals surface area contributed by atoms with E-state index in [1.54, 1.807) is 11.8 Å². The zero-order valence-corrected chi connectivity index (χ0v) is 15.5. The van der Waals surface area contributed by atoms with Crippen LogP contribution in [0.5, 0.6) is 0 Å². The van der Waals surface area contributed by atoms with Crippen molar-refractivity contribution < 1.29 is 4.79 Å². The molecule has 1 unspecified atom stereocenters. The minimum absolute atomic E-state index is 0.0326. The number of hydrogen-bond donors (Lipinski definition) is 1. The Balaban J connectivity index is 1.50. The van der Waals surface area contributed by atoms with Crippen molar-refractivity contribution in [1.29, 1.82) is 0 Å². The number of carbonyl (C=O) groups is 1. The summed E-state index contributed by atoms with van der Waals surface area (Å²) in [5, 5.41) is 12.6. The van der Waals surface area contributed by atoms with E-state index in [0.717, 1.165) is 16.3 Å². The average molecular weight is 370 g/mol. The van der Waals surface area contributed by atoms with Gasteiger partial charge in [0.25, 0.3) is 0 Å². The van der Waals surface area contributed by atoms with Gasteiger partial charge < -0.3 is 5.32 Å². The second-order valence-electron chi connectivity index (χ2n) is 5.67. The molecule has 0 radical (unpaired) electrons. The zero-order chi connectivity index (χ0) is 17.5. The highest BCUT2D eigenvalue weighted by molar-refractivity contribution is 7.98. The van der Waals surface area contributed by atoms with E-state index in [-0.39, 0.29) is 11.8 Å². The summed E-state index contributed by atoms with van der Waals surface area (Å²) in [6.45, 7) is 2.05. The fourth-order valence-corrected chi connectivity index (χ4v) is 4.03. The molecule has 0 aliphatic carbocycles. The standard InChI is InChI=1S/C19H19N3OS2/c1-14(15-8-4-2-5-9-15)12-17(23)20-19-22-21-18(25-19)13-24-16-10-6-3-7-11-16/h2-11,14H,12-13H2,1H3,(H,20,22,23). The Bertz CT molecular complexity index is 806. The molecule has 0 aliphatic rings. The molecule has 0 saturated heterocycles. The van der Waals surface area contributed by atoms with Gasteiger partial charge >= 0.3 is 0 Å². The third-order valence-electron chi connectivity index (χ3n) is 3.68. The van der Waals surface area contributed by atoms with Crippen molar-refractivity contribution in [2.45, 2.75) is 29.9 Å². The second-order valence-corrected chi connectivity index (χ2v) is 7.78. The first kappa shape index (κ1) is 17.6. The molecule has 3 aromatic rings. The van der Waals surface area contributed by atoms with E-state index in [0.29, 0.717) is 11.6 Å². The van der Waals surface area contributed by atoms with Gasteiger partial charge in [-0.25, -0.2) is 0 Å². The Morgan fingerprint density at radius 2 is 1.76 bits per heavy atom. The van der Waals surface area contributed by atoms with Crippen molar-refractivity contribution >= 4 is 34.1 Å². The van der Waals surface area contributed by atoms with Crippen molar-refractivity contribution in [2.24, 2.45) is 0 Å². The van der Waals surface area contributed by atoms with Crippen molar-refractivity contribution in [3.8, 4) is 0 Å². The largest absolute Gasteiger partial charge is 0.301 e. The van der Waals surface area contributed by atoms with Gasteiger partial charge in [0.15, 0.2) is 0 Å². The van der Waals surface area contributed by atoms with Gasteiger partial charge in [0, 0.05) is 11.3 Å². The number of amides is 1. The lowest BCUT2D eigenvalue weighted by Crippen LogP contribution is -2.14. The topological polar surface area (TPSA) is 54.9 Å². The molecule has 1 N–H and O–H groups in total. The summed E-state index contributed by atoms with van der Waals surface area (Å²) in [5.41, 5.74) is 1.16. The third kappa shape index (κ3) is 5.41. The molecule has 1 aromatic heterocycles. The van der Waals surface area contributed by atoms with Crippen LogP contribution in [0.3, 0.4) is 0 Å². The lowest BCUT2D eigenvalue weighted by Gasteiger charge is -2.10. The molecule has 0 spiro atoms. The SMILES string of the molecule is CC(CC(=O)Nc1nnc(CSc2ccccc2)s1)c1ccccc1. The predicted molar refractivity (Wildman–Crippen MR) is 104 cm³/mol. The van der Waals surface area contributed by atoms with Crippen molar-refractivity contribution in [3.05, 3.63) is 71.2 Å². The number of nitrogens with zero attached hydrogens (tertiary/aromatic N) is 2. The predicted octanol–water partition coefficient (Wildman–Crippen LogP) is 4.96. The number of rotatable bonds is 7. The van der Waals surface area contributed by atoms with E-state index in [4.69, 9.17) is 0 Å². The molecule has 0 bridgehead atoms. The van der Waals surface area contributed by atoms with Gasteiger partial charge in [-0.1, -0.05) is 66.8 Å². The van der Waals surface area contributed by atoms with Crippen LogP contribution in [0.2, 0.25) is 0 Å². The van der Waals surface area contributed by atoms with Crippen molar-refractivity contribution in [2.75, 3.05) is 5.32 Å². The Morgan fingerprint density at radius 1 is 1.08 bits per heavy atom. The number of thioether (sulfide) groups is 1. The van der Waals surface area contributed by atoms with Crippen LogP contribution >= 0.6 is 23.1 Å². The fraction of sp³-hybridized carbons (Fsp3) is 0.211. The number of hydrogen-bond acceptors (Lipinski definition) is 5. The summed E-state index contributed by atoms with van der Waals surface area (Å²) in [7, 11) is 0. The van der Waals surface area contributed by atoms with Crippen LogP contribution in [0.1, 0.15) is 29.8 Å². The Kier molecular flexibility index (Phi) is 6.19. The molecule has 3 rings (SSSR count). The lowest BCUT2D eigenvalue weighted by atomic mass is 9.98. The Labute approximate surface area is 155 Å². The van der Waals surface area contributed by atoms with Gasteiger partial charge in [0.2, 0.25) is 11.0 Å². The molecular formula is C19H19N3OS2. The summed E-state index contributed by atoms with van der Waals surface area (Å²) in [6.07, 6.45) is 0.428. The molecule has 25 heavy (non-hydrogen) atoms. The van der Waals surface area contributed by atoms with Crippen molar-refractivity contribution in [1.82, 2.24) is 10.2 Å². The number of nitrogens with one attached hydrogen (secondary N) is 1. The lowest BCUT2D eigenvalue weighted by molar-refractivity contribution is -0.116. The maximum absolute atomic E-state index is 12.2. The summed E-state index contributed by atoms with van der Waals surface area (Å²) in [4.78, 5) is 13.4. The van der Waals surface area contributed by atoms with Crippen LogP contribution in [0, 0.1) is 0 Å². The molecule has 128 valence electrons. The van der Waals surface area contributed by atoms with Crippen LogP contribution in [0.25, 0.3) is 0 Å². The van der Waals surface area contributed by atoms with Gasteiger partial charge in [-0.3, -0.25) is 4.79 Å². The summed E-state index contributed by atoms with van der Waals surface area (Å²) >= 11 is 3.14. The minimum atomic E-state index is -0.0326. The average Bonchev–Trinajstić information content (AvgIpc) is 3.08. The highest BCUT2D eigenvalue weighted by atomic mass is 32.2. The normalized spacial score (nSPS) is 11.9. The summed E-state index contributed by atoms with van der Waals surface area (Å²) in [6, 6.07) is 20.2. The van der Waals surface area contributed by atoms with E-state index in [1.807, 2.05) is 48.5 Å². The molecule has 4 nitrogen and oxygen atoms in total. The number of anilines is 1. The van der Waals surface area contributed by atoms with Gasteiger partial charge in [0.1, 0.15) is 5.01 Å². The number of carbonyl (C=O) groups excluding carboxylic acids is 1. The maximum atomic E-state index is 12.2. The van der Waals surface area contributed by atoms with Crippen LogP contribution in [-0.4, -0.2) is 16.1 Å². The van der Waals surface area contributed by atoms with E-state index in [2.05, 4.69) is 34.6 Å². The first-order chi connectivity index (χ1) is 12.2. The molecule has 0 saturated carbocycles. The first-order valence-electron chi connectivity index (χ1n) is 8.06. The monoisotopic (exact) mass is 369 g/mol. The quantitative estimate of drug-likeness (QED) is 0.598. The zero-order valence-electron chi connectivity index (χ0n) is 13.9. The van der Waals surface area contributed by atoms with Gasteiger partial charge in [-0.2, -0.15) is 0 Å². The van der Waals surface area contributed by atoms with E-state index in [9.17, 15) is 4.79 Å². The van der Waals surface area contributed by atoms with Crippen LogP contribution in [0.4, 0.5) is 5.13 Å². The van der Waals surface area contributed by atoms with Gasteiger partial charge in [0.05, 0.1) is 5.75 Å². The van der Waals surface area contributed by atoms with E-state index in [1.165, 1.54) is 16.2 Å². The molecule has 1 heterocycles. The first-order valence-corrected chi connectivity index (χ1v) is 9.86. The number of aromatic nitrogens is 2. The summed E-state index contributed by atoms with van der Waals surface area (Å²) < 4.78 is 0. The van der Waals surface area contributed by atoms with Crippen molar-refractivity contribution in [3.63, 3.8) is 0 Å². The molecule has 2 aromatic carbocycles.